The molecule has 1 saturated heterocycles. The average molecular weight is 367 g/mol. The largest absolute Gasteiger partial charge is 0.384 e. The summed E-state index contributed by atoms with van der Waals surface area (Å²) >= 11 is 0. The van der Waals surface area contributed by atoms with Crippen LogP contribution in [0.5, 0.6) is 0 Å². The van der Waals surface area contributed by atoms with Crippen LogP contribution in [-0.4, -0.2) is 58.4 Å². The predicted octanol–water partition coefficient (Wildman–Crippen LogP) is 0.452. The summed E-state index contributed by atoms with van der Waals surface area (Å²) in [4.78, 5) is 22.4. The Morgan fingerprint density at radius 1 is 1.26 bits per heavy atom. The number of likely N-dealkylation sites (tertiary alicyclic amines) is 1. The molecule has 10 nitrogen and oxygen atoms in total. The Hall–Kier alpha value is -3.30. The molecule has 0 aliphatic carbocycles. The van der Waals surface area contributed by atoms with Gasteiger partial charge in [-0.1, -0.05) is 0 Å². The van der Waals surface area contributed by atoms with Gasteiger partial charge in [-0.15, -0.1) is 10.2 Å². The van der Waals surface area contributed by atoms with Crippen molar-refractivity contribution in [2.24, 2.45) is 7.05 Å². The second kappa shape index (κ2) is 7.14. The van der Waals surface area contributed by atoms with Crippen molar-refractivity contribution in [2.75, 3.05) is 18.8 Å². The van der Waals surface area contributed by atoms with E-state index in [-0.39, 0.29) is 11.8 Å². The minimum absolute atomic E-state index is 0.00853. The van der Waals surface area contributed by atoms with Gasteiger partial charge in [-0.2, -0.15) is 5.10 Å². The Morgan fingerprint density at radius 2 is 2.07 bits per heavy atom. The lowest BCUT2D eigenvalue weighted by Crippen LogP contribution is -2.38. The molecule has 27 heavy (non-hydrogen) atoms. The first-order chi connectivity index (χ1) is 13.1. The maximum atomic E-state index is 12.6. The second-order valence-corrected chi connectivity index (χ2v) is 6.66. The van der Waals surface area contributed by atoms with E-state index in [4.69, 9.17) is 5.73 Å². The van der Waals surface area contributed by atoms with E-state index in [1.54, 1.807) is 23.1 Å². The second-order valence-electron chi connectivity index (χ2n) is 6.66. The van der Waals surface area contributed by atoms with E-state index in [0.717, 1.165) is 24.5 Å². The number of hydrogen-bond donors (Lipinski definition) is 1. The van der Waals surface area contributed by atoms with E-state index in [2.05, 4.69) is 25.3 Å². The lowest BCUT2D eigenvalue weighted by Gasteiger charge is -2.31. The smallest absolute Gasteiger partial charge is 0.255 e. The minimum Gasteiger partial charge on any atom is -0.384 e. The Bertz CT molecular complexity index is 909. The SMILES string of the molecule is Cn1c(Cn2cncn2)nnc1C1CCN(C(=O)c2ccc(N)nc2)CC1. The highest BCUT2D eigenvalue weighted by Crippen LogP contribution is 2.27. The van der Waals surface area contributed by atoms with E-state index in [1.165, 1.54) is 12.5 Å². The van der Waals surface area contributed by atoms with Crippen molar-refractivity contribution in [2.45, 2.75) is 25.3 Å². The number of nitrogens with two attached hydrogens (primary N) is 1. The number of amides is 1. The lowest BCUT2D eigenvalue weighted by molar-refractivity contribution is 0.0710. The molecule has 2 N–H and O–H groups in total. The van der Waals surface area contributed by atoms with Crippen LogP contribution in [0.15, 0.2) is 31.0 Å². The number of nitrogens with zero attached hydrogens (tertiary/aromatic N) is 8. The van der Waals surface area contributed by atoms with Crippen LogP contribution in [0, 0.1) is 0 Å². The first kappa shape index (κ1) is 17.1. The molecule has 10 heteroatoms. The van der Waals surface area contributed by atoms with Gasteiger partial charge >= 0.3 is 0 Å². The summed E-state index contributed by atoms with van der Waals surface area (Å²) in [6.45, 7) is 1.89. The van der Waals surface area contributed by atoms with Crippen molar-refractivity contribution in [1.82, 2.24) is 39.4 Å². The number of pyridine rings is 1. The van der Waals surface area contributed by atoms with Crippen molar-refractivity contribution in [1.29, 1.82) is 0 Å². The molecule has 4 heterocycles. The van der Waals surface area contributed by atoms with Gasteiger partial charge in [0.25, 0.3) is 5.91 Å². The molecule has 3 aromatic heterocycles. The zero-order valence-electron chi connectivity index (χ0n) is 15.1. The zero-order chi connectivity index (χ0) is 18.8. The summed E-state index contributed by atoms with van der Waals surface area (Å²) in [5.41, 5.74) is 6.15. The maximum absolute atomic E-state index is 12.6. The normalized spacial score (nSPS) is 15.2. The highest BCUT2D eigenvalue weighted by atomic mass is 16.2. The molecular weight excluding hydrogens is 346 g/mol. The minimum atomic E-state index is -0.00853. The van der Waals surface area contributed by atoms with Gasteiger partial charge in [0.2, 0.25) is 0 Å². The van der Waals surface area contributed by atoms with Crippen molar-refractivity contribution >= 4 is 11.7 Å². The number of anilines is 1. The predicted molar refractivity (Wildman–Crippen MR) is 96.7 cm³/mol. The van der Waals surface area contributed by atoms with Gasteiger partial charge in [0.05, 0.1) is 5.56 Å². The standard InChI is InChI=1S/C17H21N9O/c1-24-15(9-26-11-19-10-21-26)22-23-16(24)12-4-6-25(7-5-12)17(27)13-2-3-14(18)20-8-13/h2-3,8,10-12H,4-7,9H2,1H3,(H2,18,20). The highest BCUT2D eigenvalue weighted by molar-refractivity contribution is 5.94. The summed E-state index contributed by atoms with van der Waals surface area (Å²) in [5.74, 6) is 2.47. The number of rotatable bonds is 4. The molecular formula is C17H21N9O. The Labute approximate surface area is 156 Å². The molecule has 3 aromatic rings. The summed E-state index contributed by atoms with van der Waals surface area (Å²) in [6.07, 6.45) is 6.39. The Morgan fingerprint density at radius 3 is 2.74 bits per heavy atom. The number of aromatic nitrogens is 7. The third kappa shape index (κ3) is 3.50. The third-order valence-corrected chi connectivity index (χ3v) is 4.95. The monoisotopic (exact) mass is 367 g/mol. The molecule has 0 radical (unpaired) electrons. The van der Waals surface area contributed by atoms with Gasteiger partial charge in [0, 0.05) is 32.3 Å². The van der Waals surface area contributed by atoms with Crippen LogP contribution >= 0.6 is 0 Å². The van der Waals surface area contributed by atoms with Gasteiger partial charge in [-0.3, -0.25) is 4.79 Å². The molecule has 0 bridgehead atoms. The highest BCUT2D eigenvalue weighted by Gasteiger charge is 2.28. The number of nitrogen functional groups attached to an aromatic ring is 1. The lowest BCUT2D eigenvalue weighted by atomic mass is 9.95. The van der Waals surface area contributed by atoms with Crippen LogP contribution < -0.4 is 5.73 Å². The van der Waals surface area contributed by atoms with E-state index in [1.807, 2.05) is 16.5 Å². The van der Waals surface area contributed by atoms with Crippen molar-refractivity contribution in [3.63, 3.8) is 0 Å². The molecule has 1 aliphatic rings. The first-order valence-electron chi connectivity index (χ1n) is 8.83. The number of carbonyl (C=O) groups is 1. The third-order valence-electron chi connectivity index (χ3n) is 4.95. The van der Waals surface area contributed by atoms with E-state index in [0.29, 0.717) is 31.0 Å². The van der Waals surface area contributed by atoms with Crippen molar-refractivity contribution in [3.8, 4) is 0 Å². The van der Waals surface area contributed by atoms with Crippen LogP contribution in [-0.2, 0) is 13.6 Å². The van der Waals surface area contributed by atoms with Crippen LogP contribution in [0.2, 0.25) is 0 Å². The molecule has 4 rings (SSSR count). The maximum Gasteiger partial charge on any atom is 0.255 e. The molecule has 1 fully saturated rings. The number of hydrogen-bond acceptors (Lipinski definition) is 7. The van der Waals surface area contributed by atoms with Crippen molar-refractivity contribution in [3.05, 3.63) is 48.2 Å². The molecule has 140 valence electrons. The fraction of sp³-hybridized carbons (Fsp3) is 0.412. The fourth-order valence-corrected chi connectivity index (χ4v) is 3.38. The Kier molecular flexibility index (Phi) is 4.53. The summed E-state index contributed by atoms with van der Waals surface area (Å²) in [7, 11) is 1.97. The van der Waals surface area contributed by atoms with Gasteiger partial charge in [0.15, 0.2) is 5.82 Å². The van der Waals surface area contributed by atoms with Gasteiger partial charge < -0.3 is 15.2 Å². The van der Waals surface area contributed by atoms with Gasteiger partial charge in [0.1, 0.15) is 30.8 Å². The van der Waals surface area contributed by atoms with Crippen molar-refractivity contribution < 1.29 is 4.79 Å². The van der Waals surface area contributed by atoms with E-state index < -0.39 is 0 Å². The fourth-order valence-electron chi connectivity index (χ4n) is 3.38. The molecule has 0 saturated carbocycles. The number of carbonyl (C=O) groups excluding carboxylic acids is 1. The van der Waals surface area contributed by atoms with Gasteiger partial charge in [-0.05, 0) is 25.0 Å². The number of piperidine rings is 1. The van der Waals surface area contributed by atoms with Crippen LogP contribution in [0.4, 0.5) is 5.82 Å². The Balaban J connectivity index is 1.40. The van der Waals surface area contributed by atoms with Crippen LogP contribution in [0.3, 0.4) is 0 Å². The first-order valence-corrected chi connectivity index (χ1v) is 8.83. The average Bonchev–Trinajstić information content (AvgIpc) is 3.33. The quantitative estimate of drug-likeness (QED) is 0.711. The molecule has 0 unspecified atom stereocenters. The molecule has 0 atom stereocenters. The topological polar surface area (TPSA) is 121 Å². The summed E-state index contributed by atoms with van der Waals surface area (Å²) in [5, 5.41) is 12.8. The summed E-state index contributed by atoms with van der Waals surface area (Å²) in [6, 6.07) is 3.37. The van der Waals surface area contributed by atoms with Gasteiger partial charge in [-0.25, -0.2) is 14.6 Å². The van der Waals surface area contributed by atoms with E-state index >= 15 is 0 Å². The summed E-state index contributed by atoms with van der Waals surface area (Å²) < 4.78 is 3.74. The van der Waals surface area contributed by atoms with Crippen LogP contribution in [0.1, 0.15) is 40.8 Å². The zero-order valence-corrected chi connectivity index (χ0v) is 15.1. The van der Waals surface area contributed by atoms with Crippen LogP contribution in [0.25, 0.3) is 0 Å². The van der Waals surface area contributed by atoms with E-state index in [9.17, 15) is 4.79 Å². The molecule has 1 amide bonds. The molecule has 1 aliphatic heterocycles. The molecule has 0 aromatic carbocycles. The molecule has 0 spiro atoms.